The van der Waals surface area contributed by atoms with E-state index in [9.17, 15) is 9.90 Å². The second-order valence-corrected chi connectivity index (χ2v) is 3.65. The molecule has 0 spiro atoms. The van der Waals surface area contributed by atoms with Gasteiger partial charge in [-0.05, 0) is 23.7 Å². The summed E-state index contributed by atoms with van der Waals surface area (Å²) in [5, 5.41) is 15.3. The smallest absolute Gasteiger partial charge is 0.226 e. The number of benzene rings is 1. The Morgan fingerprint density at radius 2 is 1.83 bits per heavy atom. The van der Waals surface area contributed by atoms with Crippen molar-refractivity contribution in [2.45, 2.75) is 0 Å². The van der Waals surface area contributed by atoms with Gasteiger partial charge in [0, 0.05) is 11.8 Å². The maximum absolute atomic E-state index is 10.4. The summed E-state index contributed by atoms with van der Waals surface area (Å²) in [5.74, 6) is 0.429. The van der Waals surface area contributed by atoms with Gasteiger partial charge in [-0.25, -0.2) is 9.97 Å². The van der Waals surface area contributed by atoms with Crippen LogP contribution in [0.2, 0.25) is 5.28 Å². The Morgan fingerprint density at radius 1 is 1.17 bits per heavy atom. The van der Waals surface area contributed by atoms with Gasteiger partial charge in [0.25, 0.3) is 0 Å². The van der Waals surface area contributed by atoms with Gasteiger partial charge in [-0.1, -0.05) is 18.2 Å². The fourth-order valence-electron chi connectivity index (χ4n) is 1.32. The Morgan fingerprint density at radius 3 is 2.50 bits per heavy atom. The molecule has 1 aromatic carbocycles. The van der Waals surface area contributed by atoms with E-state index in [1.807, 2.05) is 35.6 Å². The number of nitrogens with zero attached hydrogens (tertiary/aromatic N) is 2. The van der Waals surface area contributed by atoms with Crippen LogP contribution in [-0.2, 0) is 0 Å². The lowest BCUT2D eigenvalue weighted by atomic mass is 10.3. The van der Waals surface area contributed by atoms with Crippen molar-refractivity contribution < 1.29 is 9.90 Å². The number of para-hydroxylation sites is 1. The zero-order valence-corrected chi connectivity index (χ0v) is 9.81. The molecule has 7 heteroatoms. The molecule has 1 aromatic heterocycles. The summed E-state index contributed by atoms with van der Waals surface area (Å²) in [4.78, 5) is 18.0. The summed E-state index contributed by atoms with van der Waals surface area (Å²) in [6.45, 7) is 0. The molecule has 6 nitrogen and oxygen atoms in total. The number of amides is 1. The van der Waals surface area contributed by atoms with Crippen LogP contribution in [0.5, 0.6) is 0 Å². The highest BCUT2D eigenvalue weighted by molar-refractivity contribution is 6.28. The van der Waals surface area contributed by atoms with Crippen LogP contribution in [0.25, 0.3) is 0 Å². The quantitative estimate of drug-likeness (QED) is 0.822. The van der Waals surface area contributed by atoms with Gasteiger partial charge in [0.15, 0.2) is 0 Å². The summed E-state index contributed by atoms with van der Waals surface area (Å²) in [6, 6.07) is 10.7. The fraction of sp³-hybridized carbons (Fsp3) is 0. The third kappa shape index (κ3) is 3.33. The number of aromatic nitrogens is 2. The Balaban J connectivity index is 2.23. The van der Waals surface area contributed by atoms with Crippen LogP contribution in [0.3, 0.4) is 0 Å². The van der Waals surface area contributed by atoms with E-state index in [1.54, 1.807) is 0 Å². The summed E-state index contributed by atoms with van der Waals surface area (Å²) >= 11 is 5.68. The SMILES string of the molecule is O=C([O-])Nc1cc(Nc2ccccc2)nc(Cl)n1. The molecule has 0 fully saturated rings. The van der Waals surface area contributed by atoms with Gasteiger partial charge in [-0.3, -0.25) is 0 Å². The van der Waals surface area contributed by atoms with Crippen LogP contribution >= 0.6 is 11.6 Å². The third-order valence-electron chi connectivity index (χ3n) is 1.98. The van der Waals surface area contributed by atoms with E-state index in [0.29, 0.717) is 5.82 Å². The first-order chi connectivity index (χ1) is 8.63. The molecule has 1 heterocycles. The normalized spacial score (nSPS) is 9.83. The minimum atomic E-state index is -1.46. The van der Waals surface area contributed by atoms with E-state index in [-0.39, 0.29) is 11.1 Å². The third-order valence-corrected chi connectivity index (χ3v) is 2.14. The van der Waals surface area contributed by atoms with Crippen molar-refractivity contribution in [3.05, 3.63) is 41.7 Å². The average molecular weight is 264 g/mol. The minimum Gasteiger partial charge on any atom is -0.530 e. The average Bonchev–Trinajstić information content (AvgIpc) is 2.28. The zero-order chi connectivity index (χ0) is 13.0. The van der Waals surface area contributed by atoms with Gasteiger partial charge in [0.1, 0.15) is 17.7 Å². The number of hydrogen-bond donors (Lipinski definition) is 2. The first-order valence-electron chi connectivity index (χ1n) is 4.98. The van der Waals surface area contributed by atoms with Crippen molar-refractivity contribution in [3.63, 3.8) is 0 Å². The standard InChI is InChI=1S/C11H9ClN4O2/c12-10-14-8(6-9(15-10)16-11(17)18)13-7-4-2-1-3-5-7/h1-6H,(H,17,18)(H2,13,14,15,16)/p-1. The number of carboxylic acid groups (broad SMARTS) is 1. The first-order valence-corrected chi connectivity index (χ1v) is 5.36. The predicted molar refractivity (Wildman–Crippen MR) is 65.8 cm³/mol. The van der Waals surface area contributed by atoms with Crippen molar-refractivity contribution in [3.8, 4) is 0 Å². The van der Waals surface area contributed by atoms with Crippen molar-refractivity contribution in [2.24, 2.45) is 0 Å². The lowest BCUT2D eigenvalue weighted by Gasteiger charge is -2.09. The lowest BCUT2D eigenvalue weighted by Crippen LogP contribution is -2.29. The summed E-state index contributed by atoms with van der Waals surface area (Å²) in [6.07, 6.45) is -1.46. The van der Waals surface area contributed by atoms with Crippen molar-refractivity contribution >= 4 is 35.0 Å². The van der Waals surface area contributed by atoms with E-state index in [0.717, 1.165) is 5.69 Å². The summed E-state index contributed by atoms with van der Waals surface area (Å²) in [7, 11) is 0. The molecule has 0 saturated heterocycles. The molecule has 0 atom stereocenters. The molecule has 0 aliphatic heterocycles. The van der Waals surface area contributed by atoms with Crippen LogP contribution in [-0.4, -0.2) is 16.1 Å². The monoisotopic (exact) mass is 263 g/mol. The molecule has 2 N–H and O–H groups in total. The maximum Gasteiger partial charge on any atom is 0.226 e. The molecular formula is C11H8ClN4O2-. The molecule has 2 rings (SSSR count). The molecule has 92 valence electrons. The van der Waals surface area contributed by atoms with Gasteiger partial charge in [0.05, 0.1) is 0 Å². The van der Waals surface area contributed by atoms with E-state index in [2.05, 4.69) is 15.3 Å². The molecule has 0 saturated carbocycles. The van der Waals surface area contributed by atoms with Crippen molar-refractivity contribution in [1.29, 1.82) is 0 Å². The van der Waals surface area contributed by atoms with Crippen LogP contribution in [0, 0.1) is 0 Å². The minimum absolute atomic E-state index is 0.0495. The number of carbonyl (C=O) groups excluding carboxylic acids is 1. The molecule has 2 aromatic rings. The Kier molecular flexibility index (Phi) is 3.59. The highest BCUT2D eigenvalue weighted by Gasteiger charge is 2.03. The molecule has 1 amide bonds. The van der Waals surface area contributed by atoms with Gasteiger partial charge >= 0.3 is 0 Å². The highest BCUT2D eigenvalue weighted by Crippen LogP contribution is 2.18. The molecular weight excluding hydrogens is 256 g/mol. The van der Waals surface area contributed by atoms with Crippen LogP contribution in [0.4, 0.5) is 22.1 Å². The van der Waals surface area contributed by atoms with E-state index in [1.165, 1.54) is 6.07 Å². The Hall–Kier alpha value is -2.34. The second-order valence-electron chi connectivity index (χ2n) is 3.31. The second kappa shape index (κ2) is 5.33. The van der Waals surface area contributed by atoms with E-state index < -0.39 is 6.09 Å². The van der Waals surface area contributed by atoms with E-state index in [4.69, 9.17) is 11.6 Å². The van der Waals surface area contributed by atoms with Crippen LogP contribution in [0.15, 0.2) is 36.4 Å². The number of anilines is 3. The first kappa shape index (κ1) is 12.1. The fourth-order valence-corrected chi connectivity index (χ4v) is 1.50. The Bertz CT molecular complexity index is 562. The summed E-state index contributed by atoms with van der Waals surface area (Å²) in [5.41, 5.74) is 0.798. The van der Waals surface area contributed by atoms with Gasteiger partial charge in [-0.15, -0.1) is 0 Å². The van der Waals surface area contributed by atoms with Gasteiger partial charge in [-0.2, -0.15) is 0 Å². The largest absolute Gasteiger partial charge is 0.530 e. The molecule has 0 unspecified atom stereocenters. The van der Waals surface area contributed by atoms with Gasteiger partial charge in [0.2, 0.25) is 5.28 Å². The molecule has 18 heavy (non-hydrogen) atoms. The molecule has 0 aliphatic carbocycles. The van der Waals surface area contributed by atoms with Crippen molar-refractivity contribution in [1.82, 2.24) is 9.97 Å². The van der Waals surface area contributed by atoms with E-state index >= 15 is 0 Å². The lowest BCUT2D eigenvalue weighted by molar-refractivity contribution is -0.242. The number of halogens is 1. The number of rotatable bonds is 3. The summed E-state index contributed by atoms with van der Waals surface area (Å²) < 4.78 is 0. The molecule has 0 radical (unpaired) electrons. The van der Waals surface area contributed by atoms with Crippen molar-refractivity contribution in [2.75, 3.05) is 10.6 Å². The zero-order valence-electron chi connectivity index (χ0n) is 9.05. The number of hydrogen-bond acceptors (Lipinski definition) is 5. The van der Waals surface area contributed by atoms with Crippen LogP contribution < -0.4 is 15.7 Å². The number of carbonyl (C=O) groups is 1. The predicted octanol–water partition coefficient (Wildman–Crippen LogP) is 1.63. The Labute approximate surface area is 108 Å². The topological polar surface area (TPSA) is 90.0 Å². The number of nitrogens with one attached hydrogen (secondary N) is 2. The molecule has 0 bridgehead atoms. The van der Waals surface area contributed by atoms with Crippen LogP contribution in [0.1, 0.15) is 0 Å². The molecule has 0 aliphatic rings. The highest BCUT2D eigenvalue weighted by atomic mass is 35.5. The maximum atomic E-state index is 10.4. The van der Waals surface area contributed by atoms with Gasteiger partial charge < -0.3 is 20.5 Å².